The molecule has 0 atom stereocenters. The second-order valence-corrected chi connectivity index (χ2v) is 4.56. The highest BCUT2D eigenvalue weighted by Crippen LogP contribution is 2.21. The number of rotatable bonds is 6. The lowest BCUT2D eigenvalue weighted by Gasteiger charge is -2.10. The molecule has 0 radical (unpaired) electrons. The standard InChI is InChI=1S/C13H17F3N2O2/c1-9(2)17-11-6-3-5-10(18-11)12(19)20-8-4-7-13(14,15)16/h3,5-6,9H,4,7-8H2,1-2H3,(H,17,18). The van der Waals surface area contributed by atoms with Crippen LogP contribution in [0.5, 0.6) is 0 Å². The molecular weight excluding hydrogens is 273 g/mol. The fraction of sp³-hybridized carbons (Fsp3) is 0.538. The molecule has 1 heterocycles. The Morgan fingerprint density at radius 2 is 2.10 bits per heavy atom. The monoisotopic (exact) mass is 290 g/mol. The van der Waals surface area contributed by atoms with Crippen molar-refractivity contribution in [3.63, 3.8) is 0 Å². The predicted molar refractivity (Wildman–Crippen MR) is 68.6 cm³/mol. The van der Waals surface area contributed by atoms with E-state index in [0.717, 1.165) is 0 Å². The maximum atomic E-state index is 11.9. The lowest BCUT2D eigenvalue weighted by atomic mass is 10.3. The number of ether oxygens (including phenoxy) is 1. The minimum Gasteiger partial charge on any atom is -0.461 e. The summed E-state index contributed by atoms with van der Waals surface area (Å²) in [6.07, 6.45) is -5.45. The number of carbonyl (C=O) groups is 1. The van der Waals surface area contributed by atoms with Crippen LogP contribution in [-0.2, 0) is 4.74 Å². The quantitative estimate of drug-likeness (QED) is 0.644. The number of nitrogens with one attached hydrogen (secondary N) is 1. The van der Waals surface area contributed by atoms with Gasteiger partial charge in [0, 0.05) is 12.5 Å². The lowest BCUT2D eigenvalue weighted by Crippen LogP contribution is -2.15. The maximum Gasteiger partial charge on any atom is 0.389 e. The molecule has 0 aromatic carbocycles. The smallest absolute Gasteiger partial charge is 0.389 e. The number of anilines is 1. The molecule has 112 valence electrons. The second kappa shape index (κ2) is 7.12. The van der Waals surface area contributed by atoms with E-state index in [0.29, 0.717) is 5.82 Å². The molecule has 0 aliphatic rings. The number of alkyl halides is 3. The van der Waals surface area contributed by atoms with Crippen molar-refractivity contribution in [2.45, 2.75) is 38.9 Å². The highest BCUT2D eigenvalue weighted by Gasteiger charge is 2.26. The van der Waals surface area contributed by atoms with Gasteiger partial charge in [0.1, 0.15) is 5.82 Å². The molecule has 1 aromatic rings. The molecule has 0 bridgehead atoms. The summed E-state index contributed by atoms with van der Waals surface area (Å²) in [6, 6.07) is 4.93. The Balaban J connectivity index is 2.47. The highest BCUT2D eigenvalue weighted by molar-refractivity contribution is 5.87. The van der Waals surface area contributed by atoms with E-state index >= 15 is 0 Å². The van der Waals surface area contributed by atoms with Crippen LogP contribution in [0.3, 0.4) is 0 Å². The van der Waals surface area contributed by atoms with Gasteiger partial charge in [0.05, 0.1) is 6.61 Å². The Morgan fingerprint density at radius 3 is 2.70 bits per heavy atom. The number of halogens is 3. The number of hydrogen-bond acceptors (Lipinski definition) is 4. The first-order valence-corrected chi connectivity index (χ1v) is 6.25. The van der Waals surface area contributed by atoms with Crippen LogP contribution in [0.25, 0.3) is 0 Å². The molecule has 0 aliphatic heterocycles. The molecule has 1 aromatic heterocycles. The molecule has 7 heteroatoms. The van der Waals surface area contributed by atoms with Crippen molar-refractivity contribution in [1.29, 1.82) is 0 Å². The Morgan fingerprint density at radius 1 is 1.40 bits per heavy atom. The third-order valence-electron chi connectivity index (χ3n) is 2.23. The predicted octanol–water partition coefficient (Wildman–Crippen LogP) is 3.40. The van der Waals surface area contributed by atoms with Gasteiger partial charge in [-0.05, 0) is 32.4 Å². The van der Waals surface area contributed by atoms with E-state index < -0.39 is 18.6 Å². The van der Waals surface area contributed by atoms with Gasteiger partial charge >= 0.3 is 12.1 Å². The highest BCUT2D eigenvalue weighted by atomic mass is 19.4. The molecule has 0 fully saturated rings. The third kappa shape index (κ3) is 6.40. The molecule has 4 nitrogen and oxygen atoms in total. The molecule has 0 aliphatic carbocycles. The third-order valence-corrected chi connectivity index (χ3v) is 2.23. The van der Waals surface area contributed by atoms with E-state index in [1.54, 1.807) is 12.1 Å². The van der Waals surface area contributed by atoms with Crippen LogP contribution in [0.4, 0.5) is 19.0 Å². The summed E-state index contributed by atoms with van der Waals surface area (Å²) in [5, 5.41) is 3.02. The fourth-order valence-electron chi connectivity index (χ4n) is 1.44. The topological polar surface area (TPSA) is 51.2 Å². The minimum absolute atomic E-state index is 0.0719. The Hall–Kier alpha value is -1.79. The molecule has 1 rings (SSSR count). The van der Waals surface area contributed by atoms with Gasteiger partial charge in [-0.1, -0.05) is 6.07 Å². The van der Waals surface area contributed by atoms with Crippen molar-refractivity contribution >= 4 is 11.8 Å². The van der Waals surface area contributed by atoms with E-state index in [4.69, 9.17) is 4.74 Å². The summed E-state index contributed by atoms with van der Waals surface area (Å²) in [7, 11) is 0. The summed E-state index contributed by atoms with van der Waals surface area (Å²) < 4.78 is 40.5. The largest absolute Gasteiger partial charge is 0.461 e. The van der Waals surface area contributed by atoms with Gasteiger partial charge in [-0.3, -0.25) is 0 Å². The molecule has 1 N–H and O–H groups in total. The van der Waals surface area contributed by atoms with Crippen LogP contribution in [0, 0.1) is 0 Å². The summed E-state index contributed by atoms with van der Waals surface area (Å²) in [6.45, 7) is 3.56. The van der Waals surface area contributed by atoms with Gasteiger partial charge in [-0.15, -0.1) is 0 Å². The molecule has 0 unspecified atom stereocenters. The van der Waals surface area contributed by atoms with Crippen molar-refractivity contribution in [1.82, 2.24) is 4.98 Å². The van der Waals surface area contributed by atoms with Crippen molar-refractivity contribution in [3.05, 3.63) is 23.9 Å². The van der Waals surface area contributed by atoms with E-state index in [2.05, 4.69) is 10.3 Å². The average molecular weight is 290 g/mol. The number of aromatic nitrogens is 1. The molecule has 20 heavy (non-hydrogen) atoms. The average Bonchev–Trinajstić information content (AvgIpc) is 2.32. The summed E-state index contributed by atoms with van der Waals surface area (Å²) >= 11 is 0. The van der Waals surface area contributed by atoms with Crippen LogP contribution in [0.2, 0.25) is 0 Å². The van der Waals surface area contributed by atoms with Crippen molar-refractivity contribution in [2.75, 3.05) is 11.9 Å². The Kier molecular flexibility index (Phi) is 5.79. The van der Waals surface area contributed by atoms with Crippen molar-refractivity contribution < 1.29 is 22.7 Å². The van der Waals surface area contributed by atoms with Crippen molar-refractivity contribution in [3.8, 4) is 0 Å². The van der Waals surface area contributed by atoms with Gasteiger partial charge in [0.2, 0.25) is 0 Å². The van der Waals surface area contributed by atoms with Crippen LogP contribution in [0.15, 0.2) is 18.2 Å². The van der Waals surface area contributed by atoms with Crippen LogP contribution in [0.1, 0.15) is 37.2 Å². The zero-order chi connectivity index (χ0) is 15.2. The zero-order valence-corrected chi connectivity index (χ0v) is 11.3. The lowest BCUT2D eigenvalue weighted by molar-refractivity contribution is -0.137. The zero-order valence-electron chi connectivity index (χ0n) is 11.3. The van der Waals surface area contributed by atoms with Crippen LogP contribution >= 0.6 is 0 Å². The van der Waals surface area contributed by atoms with E-state index in [1.807, 2.05) is 13.8 Å². The SMILES string of the molecule is CC(C)Nc1cccc(C(=O)OCCCC(F)(F)F)n1. The van der Waals surface area contributed by atoms with E-state index in [1.165, 1.54) is 6.07 Å². The fourth-order valence-corrected chi connectivity index (χ4v) is 1.44. The summed E-state index contributed by atoms with van der Waals surface area (Å²) in [4.78, 5) is 15.6. The van der Waals surface area contributed by atoms with E-state index in [-0.39, 0.29) is 24.8 Å². The van der Waals surface area contributed by atoms with Gasteiger partial charge in [-0.2, -0.15) is 13.2 Å². The number of nitrogens with zero attached hydrogens (tertiary/aromatic N) is 1. The van der Waals surface area contributed by atoms with Gasteiger partial charge in [0.25, 0.3) is 0 Å². The van der Waals surface area contributed by atoms with Gasteiger partial charge in [-0.25, -0.2) is 9.78 Å². The van der Waals surface area contributed by atoms with E-state index in [9.17, 15) is 18.0 Å². The number of hydrogen-bond donors (Lipinski definition) is 1. The number of esters is 1. The number of pyridine rings is 1. The summed E-state index contributed by atoms with van der Waals surface area (Å²) in [5.41, 5.74) is 0.0719. The first kappa shape index (κ1) is 16.3. The maximum absolute atomic E-state index is 11.9. The van der Waals surface area contributed by atoms with Crippen LogP contribution < -0.4 is 5.32 Å². The second-order valence-electron chi connectivity index (χ2n) is 4.56. The Bertz CT molecular complexity index is 447. The first-order valence-electron chi connectivity index (χ1n) is 6.25. The molecule has 0 saturated carbocycles. The molecule has 0 spiro atoms. The van der Waals surface area contributed by atoms with Gasteiger partial charge in [0.15, 0.2) is 5.69 Å². The molecule has 0 saturated heterocycles. The minimum atomic E-state index is -4.23. The summed E-state index contributed by atoms with van der Waals surface area (Å²) in [5.74, 6) is -0.204. The number of carbonyl (C=O) groups excluding carboxylic acids is 1. The van der Waals surface area contributed by atoms with Gasteiger partial charge < -0.3 is 10.1 Å². The normalized spacial score (nSPS) is 11.5. The van der Waals surface area contributed by atoms with Crippen molar-refractivity contribution in [2.24, 2.45) is 0 Å². The molecule has 0 amide bonds. The Labute approximate surface area is 115 Å². The van der Waals surface area contributed by atoms with Crippen LogP contribution in [-0.4, -0.2) is 29.8 Å². The molecular formula is C13H17F3N2O2. The first-order chi connectivity index (χ1) is 9.28.